The molecule has 0 amide bonds. The Morgan fingerprint density at radius 3 is 3.10 bits per heavy atom. The van der Waals surface area contributed by atoms with E-state index in [2.05, 4.69) is 53.7 Å². The second kappa shape index (κ2) is 6.15. The van der Waals surface area contributed by atoms with E-state index in [1.165, 1.54) is 35.3 Å². The van der Waals surface area contributed by atoms with Crippen molar-refractivity contribution >= 4 is 27.1 Å². The molecule has 2 heterocycles. The van der Waals surface area contributed by atoms with Crippen LogP contribution in [-0.2, 0) is 0 Å². The van der Waals surface area contributed by atoms with Crippen molar-refractivity contribution in [1.82, 2.24) is 5.32 Å². The number of hydrogen-bond donors (Lipinski definition) is 1. The van der Waals surface area contributed by atoms with Gasteiger partial charge >= 0.3 is 0 Å². The summed E-state index contributed by atoms with van der Waals surface area (Å²) in [4.78, 5) is 2.54. The lowest BCUT2D eigenvalue weighted by Crippen LogP contribution is -2.28. The molecule has 1 saturated heterocycles. The lowest BCUT2D eigenvalue weighted by atomic mass is 10.1. The number of anilines is 1. The van der Waals surface area contributed by atoms with E-state index in [1.807, 2.05) is 11.3 Å². The molecule has 1 fully saturated rings. The molecule has 0 saturated carbocycles. The molecular formula is C17H24N2S. The quantitative estimate of drug-likeness (QED) is 0.895. The monoisotopic (exact) mass is 288 g/mol. The Morgan fingerprint density at radius 1 is 1.35 bits per heavy atom. The number of nitrogens with one attached hydrogen (secondary N) is 1. The van der Waals surface area contributed by atoms with Crippen molar-refractivity contribution in [1.29, 1.82) is 0 Å². The maximum atomic E-state index is 3.60. The highest BCUT2D eigenvalue weighted by Crippen LogP contribution is 2.29. The molecule has 3 rings (SSSR count). The number of rotatable bonds is 5. The molecule has 1 N–H and O–H groups in total. The standard InChI is InChI=1S/C17H24N2S/c1-13(2)10-18-11-14-5-7-19(12-14)16-3-4-17-15(9-16)6-8-20-17/h3-4,6,8-9,13-14,18H,5,7,10-12H2,1-2H3. The van der Waals surface area contributed by atoms with Crippen molar-refractivity contribution in [2.45, 2.75) is 20.3 Å². The maximum Gasteiger partial charge on any atom is 0.0373 e. The van der Waals surface area contributed by atoms with E-state index in [4.69, 9.17) is 0 Å². The molecule has 1 aliphatic heterocycles. The third kappa shape index (κ3) is 3.15. The highest BCUT2D eigenvalue weighted by Gasteiger charge is 2.22. The second-order valence-electron chi connectivity index (χ2n) is 6.30. The minimum atomic E-state index is 0.744. The van der Waals surface area contributed by atoms with Crippen molar-refractivity contribution in [2.75, 3.05) is 31.1 Å². The van der Waals surface area contributed by atoms with E-state index in [9.17, 15) is 0 Å². The summed E-state index contributed by atoms with van der Waals surface area (Å²) in [5, 5.41) is 7.16. The molecular weight excluding hydrogens is 264 g/mol. The summed E-state index contributed by atoms with van der Waals surface area (Å²) in [5.74, 6) is 1.54. The van der Waals surface area contributed by atoms with Crippen LogP contribution in [0, 0.1) is 11.8 Å². The number of nitrogens with zero attached hydrogens (tertiary/aromatic N) is 1. The van der Waals surface area contributed by atoms with Crippen molar-refractivity contribution in [3.8, 4) is 0 Å². The Hall–Kier alpha value is -1.06. The number of thiophene rings is 1. The van der Waals surface area contributed by atoms with Gasteiger partial charge in [0.05, 0.1) is 0 Å². The van der Waals surface area contributed by atoms with E-state index in [0.717, 1.165) is 24.9 Å². The maximum absolute atomic E-state index is 3.60. The summed E-state index contributed by atoms with van der Waals surface area (Å²) in [5.41, 5.74) is 1.39. The molecule has 0 bridgehead atoms. The van der Waals surface area contributed by atoms with E-state index in [0.29, 0.717) is 0 Å². The van der Waals surface area contributed by atoms with Gasteiger partial charge in [-0.15, -0.1) is 11.3 Å². The Kier molecular flexibility index (Phi) is 4.27. The molecule has 1 atom stereocenters. The molecule has 0 aliphatic carbocycles. The van der Waals surface area contributed by atoms with Crippen LogP contribution in [0.25, 0.3) is 10.1 Å². The summed E-state index contributed by atoms with van der Waals surface area (Å²) in [7, 11) is 0. The van der Waals surface area contributed by atoms with Gasteiger partial charge in [0.15, 0.2) is 0 Å². The third-order valence-corrected chi connectivity index (χ3v) is 4.97. The van der Waals surface area contributed by atoms with Crippen LogP contribution in [0.15, 0.2) is 29.6 Å². The number of fused-ring (bicyclic) bond motifs is 1. The van der Waals surface area contributed by atoms with Gasteiger partial charge in [-0.25, -0.2) is 0 Å². The van der Waals surface area contributed by atoms with E-state index in [1.54, 1.807) is 0 Å². The fourth-order valence-corrected chi connectivity index (χ4v) is 3.73. The fraction of sp³-hybridized carbons (Fsp3) is 0.529. The molecule has 1 aromatic carbocycles. The van der Waals surface area contributed by atoms with Crippen LogP contribution in [0.1, 0.15) is 20.3 Å². The Bertz CT molecular complexity index is 561. The van der Waals surface area contributed by atoms with Gasteiger partial charge in [0, 0.05) is 23.5 Å². The topological polar surface area (TPSA) is 15.3 Å². The van der Waals surface area contributed by atoms with Crippen LogP contribution in [-0.4, -0.2) is 26.2 Å². The van der Waals surface area contributed by atoms with Gasteiger partial charge in [0.25, 0.3) is 0 Å². The second-order valence-corrected chi connectivity index (χ2v) is 7.24. The minimum absolute atomic E-state index is 0.744. The predicted molar refractivity (Wildman–Crippen MR) is 89.9 cm³/mol. The predicted octanol–water partition coefficient (Wildman–Crippen LogP) is 3.97. The average Bonchev–Trinajstić information content (AvgIpc) is 3.05. The highest BCUT2D eigenvalue weighted by molar-refractivity contribution is 7.17. The van der Waals surface area contributed by atoms with E-state index >= 15 is 0 Å². The Balaban J connectivity index is 1.58. The van der Waals surface area contributed by atoms with Gasteiger partial charge in [-0.05, 0) is 66.4 Å². The van der Waals surface area contributed by atoms with Crippen molar-refractivity contribution in [2.24, 2.45) is 11.8 Å². The average molecular weight is 288 g/mol. The molecule has 20 heavy (non-hydrogen) atoms. The number of benzene rings is 1. The Morgan fingerprint density at radius 2 is 2.25 bits per heavy atom. The third-order valence-electron chi connectivity index (χ3n) is 4.07. The molecule has 0 spiro atoms. The van der Waals surface area contributed by atoms with Crippen LogP contribution in [0.3, 0.4) is 0 Å². The van der Waals surface area contributed by atoms with Crippen LogP contribution >= 0.6 is 11.3 Å². The molecule has 1 aliphatic rings. The first-order valence-corrected chi connectivity index (χ1v) is 8.53. The van der Waals surface area contributed by atoms with Crippen LogP contribution in [0.2, 0.25) is 0 Å². The van der Waals surface area contributed by atoms with Gasteiger partial charge in [-0.2, -0.15) is 0 Å². The molecule has 2 nitrogen and oxygen atoms in total. The zero-order chi connectivity index (χ0) is 13.9. The first-order valence-electron chi connectivity index (χ1n) is 7.65. The normalized spacial score (nSPS) is 19.4. The molecule has 108 valence electrons. The van der Waals surface area contributed by atoms with Crippen molar-refractivity contribution in [3.05, 3.63) is 29.6 Å². The largest absolute Gasteiger partial charge is 0.371 e. The van der Waals surface area contributed by atoms with E-state index in [-0.39, 0.29) is 0 Å². The van der Waals surface area contributed by atoms with Crippen LogP contribution in [0.4, 0.5) is 5.69 Å². The van der Waals surface area contributed by atoms with Gasteiger partial charge in [-0.3, -0.25) is 0 Å². The van der Waals surface area contributed by atoms with Gasteiger partial charge < -0.3 is 10.2 Å². The number of hydrogen-bond acceptors (Lipinski definition) is 3. The van der Waals surface area contributed by atoms with Gasteiger partial charge in [-0.1, -0.05) is 13.8 Å². The smallest absolute Gasteiger partial charge is 0.0373 e. The molecule has 2 aromatic rings. The summed E-state index contributed by atoms with van der Waals surface area (Å²) in [6.45, 7) is 9.23. The van der Waals surface area contributed by atoms with Crippen molar-refractivity contribution < 1.29 is 0 Å². The van der Waals surface area contributed by atoms with E-state index < -0.39 is 0 Å². The lowest BCUT2D eigenvalue weighted by molar-refractivity contribution is 0.477. The SMILES string of the molecule is CC(C)CNCC1CCN(c2ccc3sccc3c2)C1. The first-order chi connectivity index (χ1) is 9.72. The van der Waals surface area contributed by atoms with Crippen LogP contribution < -0.4 is 10.2 Å². The Labute approximate surface area is 125 Å². The lowest BCUT2D eigenvalue weighted by Gasteiger charge is -2.19. The summed E-state index contributed by atoms with van der Waals surface area (Å²) in [6.07, 6.45) is 1.31. The minimum Gasteiger partial charge on any atom is -0.371 e. The first kappa shape index (κ1) is 13.9. The highest BCUT2D eigenvalue weighted by atomic mass is 32.1. The molecule has 3 heteroatoms. The van der Waals surface area contributed by atoms with Gasteiger partial charge in [0.1, 0.15) is 0 Å². The summed E-state index contributed by atoms with van der Waals surface area (Å²) in [6, 6.07) is 9.11. The molecule has 0 radical (unpaired) electrons. The fourth-order valence-electron chi connectivity index (χ4n) is 2.96. The summed E-state index contributed by atoms with van der Waals surface area (Å²) >= 11 is 1.82. The van der Waals surface area contributed by atoms with Crippen molar-refractivity contribution in [3.63, 3.8) is 0 Å². The molecule has 1 aromatic heterocycles. The zero-order valence-electron chi connectivity index (χ0n) is 12.4. The van der Waals surface area contributed by atoms with Gasteiger partial charge in [0.2, 0.25) is 0 Å². The van der Waals surface area contributed by atoms with Crippen LogP contribution in [0.5, 0.6) is 0 Å². The molecule has 1 unspecified atom stereocenters. The summed E-state index contributed by atoms with van der Waals surface area (Å²) < 4.78 is 1.39. The zero-order valence-corrected chi connectivity index (χ0v) is 13.2.